The van der Waals surface area contributed by atoms with Crippen molar-refractivity contribution in [2.24, 2.45) is 5.92 Å². The molecule has 0 atom stereocenters. The molecule has 1 aliphatic rings. The van der Waals surface area contributed by atoms with Gasteiger partial charge in [-0.25, -0.2) is 4.39 Å². The summed E-state index contributed by atoms with van der Waals surface area (Å²) in [7, 11) is 1.60. The van der Waals surface area contributed by atoms with Gasteiger partial charge in [0.25, 0.3) is 5.91 Å². The smallest absolute Gasteiger partial charge is 0.253 e. The molecule has 3 amide bonds. The van der Waals surface area contributed by atoms with Crippen molar-refractivity contribution in [3.8, 4) is 5.75 Å². The molecule has 1 saturated heterocycles. The van der Waals surface area contributed by atoms with Crippen molar-refractivity contribution < 1.29 is 23.5 Å². The van der Waals surface area contributed by atoms with Gasteiger partial charge in [-0.3, -0.25) is 14.4 Å². The van der Waals surface area contributed by atoms with Crippen LogP contribution >= 0.6 is 0 Å². The maximum Gasteiger partial charge on any atom is 0.253 e. The van der Waals surface area contributed by atoms with E-state index in [2.05, 4.69) is 10.2 Å². The lowest BCUT2D eigenvalue weighted by atomic mass is 10.1. The molecular weight excluding hydrogens is 511 g/mol. The lowest BCUT2D eigenvalue weighted by Gasteiger charge is -2.36. The molecule has 1 aliphatic heterocycles. The fourth-order valence-electron chi connectivity index (χ4n) is 4.60. The third-order valence-corrected chi connectivity index (χ3v) is 6.85. The molecular formula is C31H35FN4O4. The monoisotopic (exact) mass is 546 g/mol. The Morgan fingerprint density at radius 3 is 2.10 bits per heavy atom. The van der Waals surface area contributed by atoms with E-state index < -0.39 is 0 Å². The summed E-state index contributed by atoms with van der Waals surface area (Å²) in [5, 5.41) is 2.87. The van der Waals surface area contributed by atoms with E-state index in [4.69, 9.17) is 4.74 Å². The van der Waals surface area contributed by atoms with Crippen LogP contribution in [0.4, 0.5) is 15.8 Å². The zero-order valence-corrected chi connectivity index (χ0v) is 23.1. The Morgan fingerprint density at radius 1 is 0.900 bits per heavy atom. The second kappa shape index (κ2) is 13.1. The number of hydrogen-bond acceptors (Lipinski definition) is 5. The first-order chi connectivity index (χ1) is 19.2. The summed E-state index contributed by atoms with van der Waals surface area (Å²) in [6, 6.07) is 20.6. The Kier molecular flexibility index (Phi) is 9.37. The highest BCUT2D eigenvalue weighted by Crippen LogP contribution is 2.21. The van der Waals surface area contributed by atoms with Crippen molar-refractivity contribution in [1.29, 1.82) is 0 Å². The first-order valence-corrected chi connectivity index (χ1v) is 13.3. The quantitative estimate of drug-likeness (QED) is 0.430. The van der Waals surface area contributed by atoms with Crippen molar-refractivity contribution >= 4 is 29.1 Å². The second-order valence-corrected chi connectivity index (χ2v) is 10.1. The molecule has 0 unspecified atom stereocenters. The molecule has 40 heavy (non-hydrogen) atoms. The Labute approximate surface area is 234 Å². The van der Waals surface area contributed by atoms with Gasteiger partial charge in [-0.1, -0.05) is 26.0 Å². The second-order valence-electron chi connectivity index (χ2n) is 10.1. The zero-order valence-electron chi connectivity index (χ0n) is 23.1. The Hall–Kier alpha value is -4.40. The first kappa shape index (κ1) is 28.6. The summed E-state index contributed by atoms with van der Waals surface area (Å²) < 4.78 is 18.4. The summed E-state index contributed by atoms with van der Waals surface area (Å²) in [5.74, 6) is -0.374. The van der Waals surface area contributed by atoms with E-state index in [1.165, 1.54) is 17.0 Å². The maximum atomic E-state index is 13.3. The summed E-state index contributed by atoms with van der Waals surface area (Å²) in [5.41, 5.74) is 3.02. The van der Waals surface area contributed by atoms with Gasteiger partial charge in [0, 0.05) is 55.6 Å². The van der Waals surface area contributed by atoms with E-state index in [0.717, 1.165) is 11.3 Å². The average molecular weight is 547 g/mol. The van der Waals surface area contributed by atoms with Crippen LogP contribution in [0, 0.1) is 11.7 Å². The first-order valence-electron chi connectivity index (χ1n) is 13.3. The molecule has 0 aliphatic carbocycles. The summed E-state index contributed by atoms with van der Waals surface area (Å²) in [4.78, 5) is 43.9. The number of anilines is 2. The minimum atomic E-state index is -0.351. The molecule has 4 rings (SSSR count). The van der Waals surface area contributed by atoms with Crippen LogP contribution in [0.15, 0.2) is 72.8 Å². The third kappa shape index (κ3) is 7.37. The van der Waals surface area contributed by atoms with Crippen molar-refractivity contribution in [1.82, 2.24) is 9.80 Å². The predicted molar refractivity (Wildman–Crippen MR) is 153 cm³/mol. The highest BCUT2D eigenvalue weighted by Gasteiger charge is 2.23. The number of halogens is 1. The van der Waals surface area contributed by atoms with E-state index in [0.29, 0.717) is 43.2 Å². The molecule has 1 heterocycles. The number of ether oxygens (including phenoxy) is 1. The minimum Gasteiger partial charge on any atom is -0.497 e. The van der Waals surface area contributed by atoms with Crippen LogP contribution in [0.3, 0.4) is 0 Å². The fourth-order valence-corrected chi connectivity index (χ4v) is 4.60. The van der Waals surface area contributed by atoms with Gasteiger partial charge in [0.05, 0.1) is 7.11 Å². The molecule has 3 aromatic rings. The van der Waals surface area contributed by atoms with E-state index in [1.807, 2.05) is 29.2 Å². The highest BCUT2D eigenvalue weighted by atomic mass is 19.1. The lowest BCUT2D eigenvalue weighted by Crippen LogP contribution is -2.48. The third-order valence-electron chi connectivity index (χ3n) is 6.85. The summed E-state index contributed by atoms with van der Waals surface area (Å²) >= 11 is 0. The molecule has 3 aromatic carbocycles. The van der Waals surface area contributed by atoms with Crippen LogP contribution in [0.25, 0.3) is 0 Å². The Balaban J connectivity index is 1.30. The standard InChI is InChI=1S/C31H35FN4O4/c1-22(2)30(38)36(20-23-4-8-25(32)9-5-23)21-29(37)33-26-10-12-27(13-11-26)34-16-18-35(19-17-34)31(39)24-6-14-28(40-3)15-7-24/h4-15,22H,16-21H2,1-3H3,(H,33,37). The van der Waals surface area contributed by atoms with Crippen molar-refractivity contribution in [3.05, 3.63) is 89.7 Å². The number of amides is 3. The number of carbonyl (C=O) groups excluding carboxylic acids is 3. The molecule has 0 saturated carbocycles. The summed E-state index contributed by atoms with van der Waals surface area (Å²) in [6.07, 6.45) is 0. The molecule has 0 spiro atoms. The minimum absolute atomic E-state index is 0.00443. The molecule has 0 bridgehead atoms. The van der Waals surface area contributed by atoms with Gasteiger partial charge < -0.3 is 24.8 Å². The van der Waals surface area contributed by atoms with Crippen LogP contribution in [-0.4, -0.2) is 67.4 Å². The number of benzene rings is 3. The van der Waals surface area contributed by atoms with Crippen molar-refractivity contribution in [3.63, 3.8) is 0 Å². The van der Waals surface area contributed by atoms with Crippen molar-refractivity contribution in [2.45, 2.75) is 20.4 Å². The molecule has 1 N–H and O–H groups in total. The van der Waals surface area contributed by atoms with Gasteiger partial charge in [0.15, 0.2) is 0 Å². The van der Waals surface area contributed by atoms with Gasteiger partial charge in [-0.05, 0) is 66.2 Å². The highest BCUT2D eigenvalue weighted by molar-refractivity contribution is 5.95. The van der Waals surface area contributed by atoms with E-state index in [1.54, 1.807) is 57.4 Å². The molecule has 9 heteroatoms. The van der Waals surface area contributed by atoms with Gasteiger partial charge in [0.2, 0.25) is 11.8 Å². The Bertz CT molecular complexity index is 1300. The van der Waals surface area contributed by atoms with E-state index >= 15 is 0 Å². The van der Waals surface area contributed by atoms with E-state index in [9.17, 15) is 18.8 Å². The molecule has 210 valence electrons. The molecule has 0 aromatic heterocycles. The van der Waals surface area contributed by atoms with Gasteiger partial charge in [0.1, 0.15) is 18.1 Å². The van der Waals surface area contributed by atoms with E-state index in [-0.39, 0.29) is 42.5 Å². The van der Waals surface area contributed by atoms with Crippen LogP contribution < -0.4 is 15.0 Å². The number of methoxy groups -OCH3 is 1. The number of nitrogens with one attached hydrogen (secondary N) is 1. The van der Waals surface area contributed by atoms with Gasteiger partial charge in [-0.2, -0.15) is 0 Å². The fraction of sp³-hybridized carbons (Fsp3) is 0.323. The number of hydrogen-bond donors (Lipinski definition) is 1. The van der Waals surface area contributed by atoms with Crippen LogP contribution in [0.5, 0.6) is 5.75 Å². The number of piperazine rings is 1. The largest absolute Gasteiger partial charge is 0.497 e. The van der Waals surface area contributed by atoms with Gasteiger partial charge in [-0.15, -0.1) is 0 Å². The lowest BCUT2D eigenvalue weighted by molar-refractivity contribution is -0.138. The zero-order chi connectivity index (χ0) is 28.6. The predicted octanol–water partition coefficient (Wildman–Crippen LogP) is 4.42. The summed E-state index contributed by atoms with van der Waals surface area (Å²) in [6.45, 7) is 6.29. The topological polar surface area (TPSA) is 82.2 Å². The van der Waals surface area contributed by atoms with Gasteiger partial charge >= 0.3 is 0 Å². The number of rotatable bonds is 9. The maximum absolute atomic E-state index is 13.3. The normalized spacial score (nSPS) is 13.2. The molecule has 0 radical (unpaired) electrons. The molecule has 1 fully saturated rings. The number of nitrogens with zero attached hydrogens (tertiary/aromatic N) is 3. The Morgan fingerprint density at radius 2 is 1.52 bits per heavy atom. The van der Waals surface area contributed by atoms with Crippen LogP contribution in [-0.2, 0) is 16.1 Å². The average Bonchev–Trinajstić information content (AvgIpc) is 2.97. The SMILES string of the molecule is COc1ccc(C(=O)N2CCN(c3ccc(NC(=O)CN(Cc4ccc(F)cc4)C(=O)C(C)C)cc3)CC2)cc1. The van der Waals surface area contributed by atoms with Crippen molar-refractivity contribution in [2.75, 3.05) is 50.1 Å². The number of carbonyl (C=O) groups is 3. The molecule has 8 nitrogen and oxygen atoms in total. The van der Waals surface area contributed by atoms with Crippen LogP contribution in [0.1, 0.15) is 29.8 Å². The van der Waals surface area contributed by atoms with Crippen LogP contribution in [0.2, 0.25) is 0 Å².